The van der Waals surface area contributed by atoms with Crippen LogP contribution in [0.3, 0.4) is 0 Å². The average Bonchev–Trinajstić information content (AvgIpc) is 2.91. The standard InChI is InChI=1S/C17H20Cl2N2OS/c1-12-11-23-17(21-12)4-2-3-9-20-16(22)8-6-13-5-7-14(18)10-15(13)19/h5,7,10-11H,2-4,6,8-9H2,1H3,(H,20,22). The van der Waals surface area contributed by atoms with Crippen LogP contribution in [0.1, 0.15) is 35.5 Å². The van der Waals surface area contributed by atoms with Crippen LogP contribution in [0, 0.1) is 6.92 Å². The van der Waals surface area contributed by atoms with Crippen LogP contribution in [-0.4, -0.2) is 17.4 Å². The first-order valence-electron chi connectivity index (χ1n) is 7.66. The molecule has 6 heteroatoms. The Labute approximate surface area is 151 Å². The zero-order chi connectivity index (χ0) is 16.7. The fraction of sp³-hybridized carbons (Fsp3) is 0.412. The van der Waals surface area contributed by atoms with E-state index in [-0.39, 0.29) is 5.91 Å². The number of carbonyl (C=O) groups excluding carboxylic acids is 1. The van der Waals surface area contributed by atoms with Gasteiger partial charge in [-0.2, -0.15) is 0 Å². The van der Waals surface area contributed by atoms with Crippen molar-refractivity contribution < 1.29 is 4.79 Å². The Morgan fingerprint density at radius 1 is 1.26 bits per heavy atom. The normalized spacial score (nSPS) is 10.7. The van der Waals surface area contributed by atoms with Gasteiger partial charge in [0.2, 0.25) is 5.91 Å². The molecule has 1 heterocycles. The number of amides is 1. The van der Waals surface area contributed by atoms with E-state index in [2.05, 4.69) is 15.7 Å². The lowest BCUT2D eigenvalue weighted by Crippen LogP contribution is -2.24. The highest BCUT2D eigenvalue weighted by molar-refractivity contribution is 7.09. The molecule has 0 unspecified atom stereocenters. The molecule has 2 rings (SSSR count). The molecule has 124 valence electrons. The number of unbranched alkanes of at least 4 members (excludes halogenated alkanes) is 1. The Kier molecular flexibility index (Phi) is 7.34. The van der Waals surface area contributed by atoms with Gasteiger partial charge in [-0.05, 0) is 50.3 Å². The lowest BCUT2D eigenvalue weighted by Gasteiger charge is -2.06. The first-order valence-corrected chi connectivity index (χ1v) is 9.30. The number of nitrogens with zero attached hydrogens (tertiary/aromatic N) is 1. The van der Waals surface area contributed by atoms with Crippen LogP contribution in [0.5, 0.6) is 0 Å². The second-order valence-corrected chi connectivity index (χ2v) is 7.21. The Hall–Kier alpha value is -1.10. The number of rotatable bonds is 8. The number of halogens is 2. The number of aromatic nitrogens is 1. The summed E-state index contributed by atoms with van der Waals surface area (Å²) in [6.07, 6.45) is 4.05. The third-order valence-corrected chi connectivity index (χ3v) is 5.06. The van der Waals surface area contributed by atoms with E-state index in [0.29, 0.717) is 29.4 Å². The van der Waals surface area contributed by atoms with Crippen LogP contribution >= 0.6 is 34.5 Å². The second kappa shape index (κ2) is 9.26. The van der Waals surface area contributed by atoms with E-state index >= 15 is 0 Å². The Bertz CT molecular complexity index is 658. The van der Waals surface area contributed by atoms with Gasteiger partial charge in [0.15, 0.2) is 0 Å². The summed E-state index contributed by atoms with van der Waals surface area (Å²) in [7, 11) is 0. The van der Waals surface area contributed by atoms with Crippen molar-refractivity contribution in [3.05, 3.63) is 49.9 Å². The molecule has 23 heavy (non-hydrogen) atoms. The van der Waals surface area contributed by atoms with E-state index in [9.17, 15) is 4.79 Å². The molecular formula is C17H20Cl2N2OS. The minimum atomic E-state index is 0.0566. The number of carbonyl (C=O) groups is 1. The maximum Gasteiger partial charge on any atom is 0.220 e. The third-order valence-electron chi connectivity index (χ3n) is 3.44. The molecule has 1 amide bonds. The monoisotopic (exact) mass is 370 g/mol. The lowest BCUT2D eigenvalue weighted by atomic mass is 10.1. The molecule has 1 aromatic carbocycles. The molecule has 1 N–H and O–H groups in total. The zero-order valence-corrected chi connectivity index (χ0v) is 15.4. The fourth-order valence-electron chi connectivity index (χ4n) is 2.21. The van der Waals surface area contributed by atoms with Crippen LogP contribution < -0.4 is 5.32 Å². The van der Waals surface area contributed by atoms with E-state index < -0.39 is 0 Å². The van der Waals surface area contributed by atoms with Gasteiger partial charge in [0.25, 0.3) is 0 Å². The third kappa shape index (κ3) is 6.50. The van der Waals surface area contributed by atoms with Crippen molar-refractivity contribution in [1.82, 2.24) is 10.3 Å². The number of benzene rings is 1. The Balaban J connectivity index is 1.59. The van der Waals surface area contributed by atoms with Crippen LogP contribution in [0.15, 0.2) is 23.6 Å². The molecule has 0 fully saturated rings. The quantitative estimate of drug-likeness (QED) is 0.676. The highest BCUT2D eigenvalue weighted by Crippen LogP contribution is 2.22. The summed E-state index contributed by atoms with van der Waals surface area (Å²) in [4.78, 5) is 16.3. The van der Waals surface area contributed by atoms with E-state index in [1.165, 1.54) is 5.01 Å². The van der Waals surface area contributed by atoms with Gasteiger partial charge in [-0.1, -0.05) is 29.3 Å². The zero-order valence-electron chi connectivity index (χ0n) is 13.1. The summed E-state index contributed by atoms with van der Waals surface area (Å²) >= 11 is 13.7. The molecular weight excluding hydrogens is 351 g/mol. The molecule has 2 aromatic rings. The fourth-order valence-corrected chi connectivity index (χ4v) is 3.53. The number of aryl methyl sites for hydroxylation is 3. The van der Waals surface area contributed by atoms with E-state index in [4.69, 9.17) is 23.2 Å². The van der Waals surface area contributed by atoms with Gasteiger partial charge < -0.3 is 5.32 Å². The van der Waals surface area contributed by atoms with Crippen molar-refractivity contribution in [3.63, 3.8) is 0 Å². The SMILES string of the molecule is Cc1csc(CCCCNC(=O)CCc2ccc(Cl)cc2Cl)n1. The lowest BCUT2D eigenvalue weighted by molar-refractivity contribution is -0.121. The largest absolute Gasteiger partial charge is 0.356 e. The van der Waals surface area contributed by atoms with Crippen molar-refractivity contribution in [2.45, 2.75) is 39.0 Å². The summed E-state index contributed by atoms with van der Waals surface area (Å²) in [5, 5.41) is 7.42. The smallest absolute Gasteiger partial charge is 0.220 e. The maximum atomic E-state index is 11.8. The van der Waals surface area contributed by atoms with Gasteiger partial charge >= 0.3 is 0 Å². The van der Waals surface area contributed by atoms with E-state index in [1.807, 2.05) is 13.0 Å². The van der Waals surface area contributed by atoms with Gasteiger partial charge in [0.05, 0.1) is 5.01 Å². The molecule has 0 spiro atoms. The first kappa shape index (κ1) is 18.2. The van der Waals surface area contributed by atoms with Gasteiger partial charge in [-0.15, -0.1) is 11.3 Å². The number of nitrogens with one attached hydrogen (secondary N) is 1. The molecule has 1 aromatic heterocycles. The molecule has 0 bridgehead atoms. The molecule has 0 saturated heterocycles. The first-order chi connectivity index (χ1) is 11.0. The van der Waals surface area contributed by atoms with Gasteiger partial charge in [-0.25, -0.2) is 4.98 Å². The molecule has 0 aliphatic carbocycles. The van der Waals surface area contributed by atoms with E-state index in [1.54, 1.807) is 23.5 Å². The van der Waals surface area contributed by atoms with Gasteiger partial charge in [0, 0.05) is 34.1 Å². The summed E-state index contributed by atoms with van der Waals surface area (Å²) in [5.41, 5.74) is 2.03. The highest BCUT2D eigenvalue weighted by atomic mass is 35.5. The van der Waals surface area contributed by atoms with Crippen molar-refractivity contribution >= 4 is 40.4 Å². The van der Waals surface area contributed by atoms with Crippen molar-refractivity contribution in [2.75, 3.05) is 6.54 Å². The van der Waals surface area contributed by atoms with Crippen LogP contribution in [0.4, 0.5) is 0 Å². The Morgan fingerprint density at radius 2 is 2.09 bits per heavy atom. The minimum absolute atomic E-state index is 0.0566. The summed E-state index contributed by atoms with van der Waals surface area (Å²) in [5.74, 6) is 0.0566. The Morgan fingerprint density at radius 3 is 2.78 bits per heavy atom. The van der Waals surface area contributed by atoms with Gasteiger partial charge in [0.1, 0.15) is 0 Å². The minimum Gasteiger partial charge on any atom is -0.356 e. The highest BCUT2D eigenvalue weighted by Gasteiger charge is 2.06. The van der Waals surface area contributed by atoms with Crippen molar-refractivity contribution in [1.29, 1.82) is 0 Å². The van der Waals surface area contributed by atoms with Crippen molar-refractivity contribution in [3.8, 4) is 0 Å². The molecule has 0 aliphatic rings. The maximum absolute atomic E-state index is 11.8. The molecule has 3 nitrogen and oxygen atoms in total. The van der Waals surface area contributed by atoms with Crippen LogP contribution in [0.25, 0.3) is 0 Å². The van der Waals surface area contributed by atoms with Crippen LogP contribution in [0.2, 0.25) is 10.0 Å². The molecule has 0 radical (unpaired) electrons. The predicted molar refractivity (Wildman–Crippen MR) is 97.6 cm³/mol. The van der Waals surface area contributed by atoms with Crippen LogP contribution in [-0.2, 0) is 17.6 Å². The molecule has 0 saturated carbocycles. The van der Waals surface area contributed by atoms with Crippen molar-refractivity contribution in [2.24, 2.45) is 0 Å². The summed E-state index contributed by atoms with van der Waals surface area (Å²) in [6, 6.07) is 5.37. The van der Waals surface area contributed by atoms with Gasteiger partial charge in [-0.3, -0.25) is 4.79 Å². The molecule has 0 aliphatic heterocycles. The predicted octanol–water partition coefficient (Wildman–Crippen LogP) is 4.83. The average molecular weight is 371 g/mol. The number of hydrogen-bond acceptors (Lipinski definition) is 3. The number of hydrogen-bond donors (Lipinski definition) is 1. The number of thiazole rings is 1. The van der Waals surface area contributed by atoms with E-state index in [0.717, 1.165) is 30.5 Å². The molecule has 0 atom stereocenters. The summed E-state index contributed by atoms with van der Waals surface area (Å²) < 4.78 is 0. The second-order valence-electron chi connectivity index (χ2n) is 5.43. The summed E-state index contributed by atoms with van der Waals surface area (Å²) in [6.45, 7) is 2.71. The topological polar surface area (TPSA) is 42.0 Å².